The maximum absolute atomic E-state index is 10.5. The van der Waals surface area contributed by atoms with Gasteiger partial charge in [0.15, 0.2) is 0 Å². The van der Waals surface area contributed by atoms with Crippen molar-refractivity contribution in [2.24, 2.45) is 0 Å². The van der Waals surface area contributed by atoms with Crippen molar-refractivity contribution in [3.63, 3.8) is 0 Å². The molecule has 0 amide bonds. The van der Waals surface area contributed by atoms with Crippen molar-refractivity contribution in [2.45, 2.75) is 6.92 Å². The third-order valence-electron chi connectivity index (χ3n) is 0.917. The Morgan fingerprint density at radius 2 is 1.70 bits per heavy atom. The maximum Gasteiger partial charge on any atom is 0.368 e. The molecule has 0 saturated heterocycles. The summed E-state index contributed by atoms with van der Waals surface area (Å²) in [6.07, 6.45) is 0. The standard InChI is InChI=1S/C2H8O6S2/c1-2-10(6,7,8)9(3,4)5/h2H2,1H3,(H,3,4,5)(H2,6,7,8). The Balaban J connectivity index is 5.36. The molecule has 0 aromatic carbocycles. The molecule has 0 radical (unpaired) electrons. The van der Waals surface area contributed by atoms with E-state index >= 15 is 0 Å². The molecule has 0 aromatic heterocycles. The lowest BCUT2D eigenvalue weighted by Crippen LogP contribution is -2.41. The van der Waals surface area contributed by atoms with E-state index in [0.29, 0.717) is 0 Å². The van der Waals surface area contributed by atoms with Crippen LogP contribution in [0, 0.1) is 0 Å². The van der Waals surface area contributed by atoms with Gasteiger partial charge in [-0.05, 0) is 0 Å². The lowest BCUT2D eigenvalue weighted by atomic mass is 11.0. The van der Waals surface area contributed by atoms with Crippen LogP contribution >= 0.6 is 0 Å². The molecule has 0 fully saturated rings. The molecule has 6 nitrogen and oxygen atoms in total. The van der Waals surface area contributed by atoms with Crippen LogP contribution in [0.5, 0.6) is 0 Å². The zero-order valence-corrected chi connectivity index (χ0v) is 6.72. The van der Waals surface area contributed by atoms with Crippen LogP contribution in [-0.4, -0.2) is 32.0 Å². The molecule has 0 saturated carbocycles. The van der Waals surface area contributed by atoms with Crippen molar-refractivity contribution in [1.82, 2.24) is 0 Å². The molecule has 0 bridgehead atoms. The minimum Gasteiger partial charge on any atom is -0.295 e. The van der Waals surface area contributed by atoms with Gasteiger partial charge < -0.3 is 0 Å². The summed E-state index contributed by atoms with van der Waals surface area (Å²) in [5.41, 5.74) is 0. The Kier molecular flexibility index (Phi) is 1.98. The highest BCUT2D eigenvalue weighted by atomic mass is 33.2. The van der Waals surface area contributed by atoms with Crippen LogP contribution < -0.4 is 0 Å². The van der Waals surface area contributed by atoms with Gasteiger partial charge in [0.25, 0.3) is 0 Å². The first-order valence-corrected chi connectivity index (χ1v) is 6.22. The maximum atomic E-state index is 10.5. The van der Waals surface area contributed by atoms with E-state index in [2.05, 4.69) is 0 Å². The predicted molar refractivity (Wildman–Crippen MR) is 35.5 cm³/mol. The summed E-state index contributed by atoms with van der Waals surface area (Å²) in [6, 6.07) is 0. The van der Waals surface area contributed by atoms with Gasteiger partial charge in [0, 0.05) is 0 Å². The summed E-state index contributed by atoms with van der Waals surface area (Å²) in [4.78, 5) is 0. The smallest absolute Gasteiger partial charge is 0.295 e. The fraction of sp³-hybridized carbons (Fsp3) is 1.00. The highest BCUT2D eigenvalue weighted by molar-refractivity contribution is 8.74. The third kappa shape index (κ3) is 1.52. The number of hydrogen-bond acceptors (Lipinski definition) is 3. The van der Waals surface area contributed by atoms with Crippen molar-refractivity contribution < 1.29 is 26.3 Å². The van der Waals surface area contributed by atoms with Crippen molar-refractivity contribution in [3.05, 3.63) is 0 Å². The molecule has 0 aliphatic heterocycles. The Labute approximate surface area is 57.4 Å². The zero-order chi connectivity index (χ0) is 8.65. The Morgan fingerprint density at radius 1 is 1.40 bits per heavy atom. The first-order chi connectivity index (χ1) is 4.09. The lowest BCUT2D eigenvalue weighted by molar-refractivity contribution is 0.394. The fourth-order valence-electron chi connectivity index (χ4n) is 0.149. The van der Waals surface area contributed by atoms with Gasteiger partial charge in [0.05, 0.1) is 5.75 Å². The molecular weight excluding hydrogens is 184 g/mol. The predicted octanol–water partition coefficient (Wildman–Crippen LogP) is -0.425. The number of hydrogen-bond donors (Lipinski definition) is 3. The van der Waals surface area contributed by atoms with E-state index in [1.165, 1.54) is 0 Å². The van der Waals surface area contributed by atoms with E-state index in [1.807, 2.05) is 0 Å². The summed E-state index contributed by atoms with van der Waals surface area (Å²) >= 11 is 0. The van der Waals surface area contributed by atoms with Gasteiger partial charge in [0.2, 0.25) is 8.66 Å². The van der Waals surface area contributed by atoms with Gasteiger partial charge in [-0.3, -0.25) is 13.7 Å². The minimum absolute atomic E-state index is 0.948. The molecule has 8 heteroatoms. The molecule has 0 rings (SSSR count). The van der Waals surface area contributed by atoms with E-state index in [4.69, 9.17) is 13.7 Å². The van der Waals surface area contributed by atoms with Crippen molar-refractivity contribution in [1.29, 1.82) is 0 Å². The SMILES string of the molecule is CCS(=O)(O)(O)S(=O)(=O)O. The summed E-state index contributed by atoms with van der Waals surface area (Å²) in [5, 5.41) is 0. The zero-order valence-electron chi connectivity index (χ0n) is 5.09. The fourth-order valence-corrected chi connectivity index (χ4v) is 1.34. The second-order valence-electron chi connectivity index (χ2n) is 1.66. The topological polar surface area (TPSA) is 112 Å². The van der Waals surface area contributed by atoms with Crippen LogP contribution in [0.4, 0.5) is 0 Å². The molecule has 0 atom stereocenters. The van der Waals surface area contributed by atoms with E-state index in [9.17, 15) is 12.6 Å². The Bertz CT molecular complexity index is 279. The quantitative estimate of drug-likeness (QED) is 0.404. The molecular formula is C2H8O6S2. The molecule has 0 spiro atoms. The number of rotatable bonds is 2. The van der Waals surface area contributed by atoms with Gasteiger partial charge in [-0.25, -0.2) is 4.21 Å². The molecule has 0 aliphatic rings. The van der Waals surface area contributed by atoms with E-state index in [-0.39, 0.29) is 0 Å². The first-order valence-electron chi connectivity index (χ1n) is 2.21. The van der Waals surface area contributed by atoms with Crippen LogP contribution in [0.15, 0.2) is 0 Å². The second kappa shape index (κ2) is 1.98. The highest BCUT2D eigenvalue weighted by Gasteiger charge is 2.42. The average Bonchev–Trinajstić information content (AvgIpc) is 1.62. The van der Waals surface area contributed by atoms with Crippen LogP contribution in [0.1, 0.15) is 6.92 Å². The van der Waals surface area contributed by atoms with Crippen molar-refractivity contribution >= 4 is 17.8 Å². The molecule has 0 aliphatic carbocycles. The molecule has 10 heavy (non-hydrogen) atoms. The van der Waals surface area contributed by atoms with Gasteiger partial charge in [-0.1, -0.05) is 6.92 Å². The van der Waals surface area contributed by atoms with E-state index in [0.717, 1.165) is 6.92 Å². The third-order valence-corrected chi connectivity index (χ3v) is 6.00. The van der Waals surface area contributed by atoms with Gasteiger partial charge in [0.1, 0.15) is 0 Å². The van der Waals surface area contributed by atoms with Crippen LogP contribution in [0.25, 0.3) is 0 Å². The van der Waals surface area contributed by atoms with E-state index in [1.54, 1.807) is 0 Å². The second-order valence-corrected chi connectivity index (χ2v) is 8.25. The molecule has 0 heterocycles. The first kappa shape index (κ1) is 9.98. The normalized spacial score (nSPS) is 17.8. The largest absolute Gasteiger partial charge is 0.368 e. The van der Waals surface area contributed by atoms with Gasteiger partial charge in [-0.2, -0.15) is 8.42 Å². The summed E-state index contributed by atoms with van der Waals surface area (Å²) in [7, 11) is -11.1. The lowest BCUT2D eigenvalue weighted by Gasteiger charge is -2.24. The van der Waals surface area contributed by atoms with Gasteiger partial charge in [-0.15, -0.1) is 0 Å². The van der Waals surface area contributed by atoms with Crippen LogP contribution in [0.3, 0.4) is 0 Å². The molecule has 3 N–H and O–H groups in total. The average molecular weight is 192 g/mol. The summed E-state index contributed by atoms with van der Waals surface area (Å²) in [5.74, 6) is -0.948. The molecule has 0 unspecified atom stereocenters. The van der Waals surface area contributed by atoms with Crippen LogP contribution in [-0.2, 0) is 17.8 Å². The van der Waals surface area contributed by atoms with Crippen LogP contribution in [0.2, 0.25) is 0 Å². The summed E-state index contributed by atoms with van der Waals surface area (Å²) in [6.45, 7) is 0.961. The molecule has 64 valence electrons. The van der Waals surface area contributed by atoms with Crippen molar-refractivity contribution in [2.75, 3.05) is 5.75 Å². The minimum atomic E-state index is -5.82. The van der Waals surface area contributed by atoms with E-state index < -0.39 is 23.6 Å². The molecule has 0 aromatic rings. The Morgan fingerprint density at radius 3 is 1.70 bits per heavy atom. The van der Waals surface area contributed by atoms with Gasteiger partial charge >= 0.3 is 9.15 Å². The van der Waals surface area contributed by atoms with Crippen molar-refractivity contribution in [3.8, 4) is 0 Å². The summed E-state index contributed by atoms with van der Waals surface area (Å²) < 4.78 is 55.2. The monoisotopic (exact) mass is 192 g/mol. The highest BCUT2D eigenvalue weighted by Crippen LogP contribution is 2.22. The Hall–Kier alpha value is -0.0200.